The van der Waals surface area contributed by atoms with E-state index in [0.717, 1.165) is 11.1 Å². The van der Waals surface area contributed by atoms with Crippen LogP contribution < -0.4 is 4.72 Å². The number of nitrogens with one attached hydrogen (secondary N) is 1. The summed E-state index contributed by atoms with van der Waals surface area (Å²) in [6.45, 7) is 3.95. The van der Waals surface area contributed by atoms with Crippen molar-refractivity contribution in [3.8, 4) is 0 Å². The van der Waals surface area contributed by atoms with Gasteiger partial charge >= 0.3 is 5.97 Å². The van der Waals surface area contributed by atoms with Crippen LogP contribution in [0, 0.1) is 0 Å². The van der Waals surface area contributed by atoms with Crippen LogP contribution in [0.3, 0.4) is 0 Å². The summed E-state index contributed by atoms with van der Waals surface area (Å²) in [5, 5.41) is 0. The van der Waals surface area contributed by atoms with Gasteiger partial charge in [-0.05, 0) is 43.7 Å². The monoisotopic (exact) mass is 371 g/mol. The Morgan fingerprint density at radius 3 is 2.31 bits per heavy atom. The van der Waals surface area contributed by atoms with E-state index >= 15 is 0 Å². The lowest BCUT2D eigenvalue weighted by molar-refractivity contribution is -0.137. The van der Waals surface area contributed by atoms with E-state index in [0.29, 0.717) is 12.3 Å². The number of carbonyl (C=O) groups is 1. The van der Waals surface area contributed by atoms with Crippen LogP contribution in [0.4, 0.5) is 5.69 Å². The van der Waals surface area contributed by atoms with E-state index in [2.05, 4.69) is 4.72 Å². The summed E-state index contributed by atoms with van der Waals surface area (Å²) >= 11 is 0. The van der Waals surface area contributed by atoms with E-state index in [-0.39, 0.29) is 10.9 Å². The molecular weight excluding hydrogens is 350 g/mol. The molecule has 2 aromatic rings. The van der Waals surface area contributed by atoms with Crippen molar-refractivity contribution in [2.45, 2.75) is 18.7 Å². The molecule has 0 aromatic heterocycles. The number of anilines is 1. The van der Waals surface area contributed by atoms with Gasteiger partial charge in [-0.2, -0.15) is 0 Å². The third-order valence-corrected chi connectivity index (χ3v) is 4.78. The number of sulfonamides is 1. The number of rotatable bonds is 7. The van der Waals surface area contributed by atoms with Gasteiger partial charge in [0.05, 0.1) is 11.5 Å². The lowest BCUT2D eigenvalue weighted by Crippen LogP contribution is -2.12. The van der Waals surface area contributed by atoms with E-state index < -0.39 is 10.0 Å². The standard InChI is InChI=1S/C20H21NO4S/c1-3-25-20(22)14-9-16(2)15-17-10-12-18(13-11-17)21-26(23,24)19-7-5-4-6-8-19/h4-15,21H,3H2,1-2H3. The summed E-state index contributed by atoms with van der Waals surface area (Å²) in [6.07, 6.45) is 4.92. The molecule has 0 amide bonds. The minimum atomic E-state index is -3.60. The Labute approximate surface area is 154 Å². The molecule has 2 aromatic carbocycles. The Balaban J connectivity index is 2.06. The highest BCUT2D eigenvalue weighted by molar-refractivity contribution is 7.92. The molecule has 0 unspecified atom stereocenters. The molecule has 0 bridgehead atoms. The highest BCUT2D eigenvalue weighted by atomic mass is 32.2. The first-order valence-corrected chi connectivity index (χ1v) is 9.60. The molecule has 1 N–H and O–H groups in total. The van der Waals surface area contributed by atoms with Gasteiger partial charge in [0.25, 0.3) is 10.0 Å². The Morgan fingerprint density at radius 1 is 1.04 bits per heavy atom. The molecular formula is C20H21NO4S. The fraction of sp³-hybridized carbons (Fsp3) is 0.150. The summed E-state index contributed by atoms with van der Waals surface area (Å²) in [5.74, 6) is -0.383. The van der Waals surface area contributed by atoms with Crippen molar-refractivity contribution >= 4 is 27.8 Å². The maximum absolute atomic E-state index is 12.3. The lowest BCUT2D eigenvalue weighted by Gasteiger charge is -2.08. The average Bonchev–Trinajstić information content (AvgIpc) is 2.62. The number of benzene rings is 2. The summed E-state index contributed by atoms with van der Waals surface area (Å²) < 4.78 is 31.9. The first kappa shape index (κ1) is 19.5. The largest absolute Gasteiger partial charge is 0.463 e. The average molecular weight is 371 g/mol. The zero-order valence-corrected chi connectivity index (χ0v) is 15.5. The van der Waals surface area contributed by atoms with Crippen LogP contribution in [0.1, 0.15) is 19.4 Å². The summed E-state index contributed by atoms with van der Waals surface area (Å²) in [7, 11) is -3.60. The Morgan fingerprint density at radius 2 is 1.69 bits per heavy atom. The summed E-state index contributed by atoms with van der Waals surface area (Å²) in [4.78, 5) is 11.5. The second-order valence-corrected chi connectivity index (χ2v) is 7.20. The Kier molecular flexibility index (Phi) is 6.74. The van der Waals surface area contributed by atoms with Crippen molar-refractivity contribution in [2.24, 2.45) is 0 Å². The van der Waals surface area contributed by atoms with Crippen LogP contribution in [0.5, 0.6) is 0 Å². The predicted octanol–water partition coefficient (Wildman–Crippen LogP) is 4.01. The fourth-order valence-corrected chi connectivity index (χ4v) is 3.24. The zero-order valence-electron chi connectivity index (χ0n) is 14.7. The van der Waals surface area contributed by atoms with Gasteiger partial charge in [-0.3, -0.25) is 4.72 Å². The van der Waals surface area contributed by atoms with Gasteiger partial charge in [0.15, 0.2) is 0 Å². The van der Waals surface area contributed by atoms with Crippen molar-refractivity contribution in [1.29, 1.82) is 0 Å². The molecule has 2 rings (SSSR count). The molecule has 6 heteroatoms. The molecule has 0 saturated heterocycles. The predicted molar refractivity (Wildman–Crippen MR) is 103 cm³/mol. The maximum Gasteiger partial charge on any atom is 0.330 e. The third kappa shape index (κ3) is 5.89. The number of esters is 1. The van der Waals surface area contributed by atoms with Crippen molar-refractivity contribution in [3.63, 3.8) is 0 Å². The van der Waals surface area contributed by atoms with E-state index in [9.17, 15) is 13.2 Å². The summed E-state index contributed by atoms with van der Waals surface area (Å²) in [6, 6.07) is 15.2. The van der Waals surface area contributed by atoms with Gasteiger partial charge in [-0.25, -0.2) is 13.2 Å². The van der Waals surface area contributed by atoms with Crippen LogP contribution in [0.2, 0.25) is 0 Å². The number of ether oxygens (including phenoxy) is 1. The SMILES string of the molecule is CCOC(=O)C=CC(C)=Cc1ccc(NS(=O)(=O)c2ccccc2)cc1. The highest BCUT2D eigenvalue weighted by Gasteiger charge is 2.12. The van der Waals surface area contributed by atoms with Gasteiger partial charge in [0, 0.05) is 11.8 Å². The number of hydrogen-bond donors (Lipinski definition) is 1. The minimum Gasteiger partial charge on any atom is -0.463 e. The first-order chi connectivity index (χ1) is 12.4. The third-order valence-electron chi connectivity index (χ3n) is 3.38. The molecule has 0 saturated carbocycles. The molecule has 26 heavy (non-hydrogen) atoms. The van der Waals surface area contributed by atoms with Gasteiger partial charge in [-0.1, -0.05) is 48.1 Å². The molecule has 0 spiro atoms. The number of hydrogen-bond acceptors (Lipinski definition) is 4. The van der Waals surface area contributed by atoms with Crippen LogP contribution in [0.25, 0.3) is 6.08 Å². The van der Waals surface area contributed by atoms with E-state index in [1.807, 2.05) is 13.0 Å². The normalized spacial score (nSPS) is 12.2. The molecule has 0 aliphatic heterocycles. The Bertz CT molecular complexity index is 899. The molecule has 0 aliphatic rings. The maximum atomic E-state index is 12.3. The van der Waals surface area contributed by atoms with Gasteiger partial charge in [-0.15, -0.1) is 0 Å². The van der Waals surface area contributed by atoms with E-state index in [1.165, 1.54) is 6.08 Å². The molecule has 0 fully saturated rings. The molecule has 0 heterocycles. The van der Waals surface area contributed by atoms with Crippen LogP contribution in [0.15, 0.2) is 77.2 Å². The van der Waals surface area contributed by atoms with Gasteiger partial charge in [0.2, 0.25) is 0 Å². The van der Waals surface area contributed by atoms with Crippen LogP contribution in [-0.4, -0.2) is 21.0 Å². The van der Waals surface area contributed by atoms with E-state index in [4.69, 9.17) is 4.74 Å². The smallest absolute Gasteiger partial charge is 0.330 e. The minimum absolute atomic E-state index is 0.212. The van der Waals surface area contributed by atoms with Crippen molar-refractivity contribution in [3.05, 3.63) is 77.9 Å². The van der Waals surface area contributed by atoms with E-state index in [1.54, 1.807) is 67.6 Å². The van der Waals surface area contributed by atoms with Crippen molar-refractivity contribution < 1.29 is 17.9 Å². The number of carbonyl (C=O) groups excluding carboxylic acids is 1. The second kappa shape index (κ2) is 9.01. The molecule has 0 atom stereocenters. The second-order valence-electron chi connectivity index (χ2n) is 5.51. The fourth-order valence-electron chi connectivity index (χ4n) is 2.16. The van der Waals surface area contributed by atoms with Crippen molar-refractivity contribution in [2.75, 3.05) is 11.3 Å². The highest BCUT2D eigenvalue weighted by Crippen LogP contribution is 2.17. The first-order valence-electron chi connectivity index (χ1n) is 8.12. The quantitative estimate of drug-likeness (QED) is 0.453. The van der Waals surface area contributed by atoms with Gasteiger partial charge < -0.3 is 4.74 Å². The number of allylic oxidation sites excluding steroid dienone is 2. The van der Waals surface area contributed by atoms with Gasteiger partial charge in [0.1, 0.15) is 0 Å². The lowest BCUT2D eigenvalue weighted by atomic mass is 10.1. The molecule has 0 aliphatic carbocycles. The van der Waals surface area contributed by atoms with Crippen LogP contribution in [-0.2, 0) is 19.6 Å². The molecule has 5 nitrogen and oxygen atoms in total. The van der Waals surface area contributed by atoms with Crippen LogP contribution >= 0.6 is 0 Å². The molecule has 136 valence electrons. The summed E-state index contributed by atoms with van der Waals surface area (Å²) in [5.41, 5.74) is 2.24. The molecule has 0 radical (unpaired) electrons. The zero-order chi connectivity index (χ0) is 19.0. The van der Waals surface area contributed by atoms with Crippen molar-refractivity contribution in [1.82, 2.24) is 0 Å². The Hall–Kier alpha value is -2.86. The topological polar surface area (TPSA) is 72.5 Å².